The molecule has 0 atom stereocenters. The van der Waals surface area contributed by atoms with Crippen LogP contribution < -0.4 is 9.04 Å². The molecule has 0 N–H and O–H groups in total. The van der Waals surface area contributed by atoms with Crippen LogP contribution in [0.15, 0.2) is 48.5 Å². The number of Topliss-reactive ketones (excluding diaryl/α,β-unsaturated/α-hetero) is 1. The zero-order valence-corrected chi connectivity index (χ0v) is 20.6. The molecule has 0 unspecified atom stereocenters. The number of carbonyl (C=O) groups is 3. The van der Waals surface area contributed by atoms with Gasteiger partial charge in [-0.25, -0.2) is 17.5 Å². The molecule has 9 heteroatoms. The van der Waals surface area contributed by atoms with E-state index in [0.29, 0.717) is 22.2 Å². The van der Waals surface area contributed by atoms with Gasteiger partial charge in [0.15, 0.2) is 5.78 Å². The molecule has 0 heterocycles. The second kappa shape index (κ2) is 12.9. The fraction of sp³-hybridized carbons (Fsp3) is 0.400. The standard InChI is InChI=1S/C25H31NO7S/c1-4-6-7-17-33-22-13-11-19(12-14-22)23(27)15-16-24(28)26(34(3,30)31)21-10-8-9-20(18-21)25(29)32-5-2/h8-14,18H,4-7,15-17H2,1-3H3. The van der Waals surface area contributed by atoms with Crippen LogP contribution in [0.25, 0.3) is 0 Å². The van der Waals surface area contributed by atoms with E-state index < -0.39 is 21.9 Å². The molecule has 184 valence electrons. The summed E-state index contributed by atoms with van der Waals surface area (Å²) < 4.78 is 35.9. The topological polar surface area (TPSA) is 107 Å². The van der Waals surface area contributed by atoms with Crippen molar-refractivity contribution in [3.63, 3.8) is 0 Å². The van der Waals surface area contributed by atoms with Crippen LogP contribution in [0, 0.1) is 0 Å². The van der Waals surface area contributed by atoms with Gasteiger partial charge in [0.1, 0.15) is 5.75 Å². The summed E-state index contributed by atoms with van der Waals surface area (Å²) >= 11 is 0. The number of ether oxygens (including phenoxy) is 2. The number of rotatable bonds is 13. The van der Waals surface area contributed by atoms with E-state index in [2.05, 4.69) is 6.92 Å². The van der Waals surface area contributed by atoms with E-state index in [4.69, 9.17) is 9.47 Å². The quantitative estimate of drug-likeness (QED) is 0.233. The summed E-state index contributed by atoms with van der Waals surface area (Å²) in [5, 5.41) is 0. The molecule has 0 aromatic heterocycles. The van der Waals surface area contributed by atoms with Crippen LogP contribution in [-0.2, 0) is 19.6 Å². The third-order valence-corrected chi connectivity index (χ3v) is 5.99. The predicted molar refractivity (Wildman–Crippen MR) is 130 cm³/mol. The lowest BCUT2D eigenvalue weighted by atomic mass is 10.1. The first-order valence-corrected chi connectivity index (χ1v) is 13.1. The van der Waals surface area contributed by atoms with Crippen molar-refractivity contribution in [3.05, 3.63) is 59.7 Å². The number of amides is 1. The Kier molecular flexibility index (Phi) is 10.2. The molecule has 0 aliphatic carbocycles. The SMILES string of the molecule is CCCCCOc1ccc(C(=O)CCC(=O)N(c2cccc(C(=O)OCC)c2)S(C)(=O)=O)cc1. The van der Waals surface area contributed by atoms with Crippen LogP contribution in [0.5, 0.6) is 5.75 Å². The number of nitrogens with zero attached hydrogens (tertiary/aromatic N) is 1. The molecular formula is C25H31NO7S. The van der Waals surface area contributed by atoms with E-state index in [9.17, 15) is 22.8 Å². The summed E-state index contributed by atoms with van der Waals surface area (Å²) in [6, 6.07) is 12.3. The molecule has 0 radical (unpaired) electrons. The van der Waals surface area contributed by atoms with Crippen molar-refractivity contribution < 1.29 is 32.3 Å². The molecule has 8 nitrogen and oxygen atoms in total. The van der Waals surface area contributed by atoms with Crippen LogP contribution in [0.4, 0.5) is 5.69 Å². The minimum Gasteiger partial charge on any atom is -0.494 e. The fourth-order valence-corrected chi connectivity index (χ4v) is 4.20. The Morgan fingerprint density at radius 2 is 1.62 bits per heavy atom. The Hall–Kier alpha value is -3.20. The zero-order chi connectivity index (χ0) is 25.1. The van der Waals surface area contributed by atoms with Crippen molar-refractivity contribution in [1.82, 2.24) is 0 Å². The van der Waals surface area contributed by atoms with Gasteiger partial charge in [-0.05, 0) is 55.8 Å². The molecular weight excluding hydrogens is 458 g/mol. The van der Waals surface area contributed by atoms with Gasteiger partial charge >= 0.3 is 5.97 Å². The van der Waals surface area contributed by atoms with Gasteiger partial charge in [0.05, 0.1) is 30.7 Å². The molecule has 2 aromatic rings. The number of esters is 1. The maximum absolute atomic E-state index is 12.8. The van der Waals surface area contributed by atoms with Crippen molar-refractivity contribution in [2.75, 3.05) is 23.8 Å². The van der Waals surface area contributed by atoms with Gasteiger partial charge < -0.3 is 9.47 Å². The molecule has 0 bridgehead atoms. The van der Waals surface area contributed by atoms with Gasteiger partial charge in [-0.2, -0.15) is 0 Å². The van der Waals surface area contributed by atoms with Crippen LogP contribution in [0.3, 0.4) is 0 Å². The van der Waals surface area contributed by atoms with E-state index in [-0.39, 0.29) is 36.5 Å². The highest BCUT2D eigenvalue weighted by Gasteiger charge is 2.26. The summed E-state index contributed by atoms with van der Waals surface area (Å²) in [6.07, 6.45) is 3.55. The fourth-order valence-electron chi connectivity index (χ4n) is 3.24. The zero-order valence-electron chi connectivity index (χ0n) is 19.8. The van der Waals surface area contributed by atoms with E-state index in [1.165, 1.54) is 24.3 Å². The Balaban J connectivity index is 2.06. The second-order valence-corrected chi connectivity index (χ2v) is 9.53. The van der Waals surface area contributed by atoms with Gasteiger partial charge in [-0.1, -0.05) is 25.8 Å². The maximum Gasteiger partial charge on any atom is 0.338 e. The summed E-state index contributed by atoms with van der Waals surface area (Å²) in [6.45, 7) is 4.53. The van der Waals surface area contributed by atoms with E-state index in [1.807, 2.05) is 0 Å². The van der Waals surface area contributed by atoms with Gasteiger partial charge in [-0.3, -0.25) is 9.59 Å². The van der Waals surface area contributed by atoms with Crippen LogP contribution in [-0.4, -0.2) is 45.5 Å². The molecule has 0 spiro atoms. The highest BCUT2D eigenvalue weighted by Crippen LogP contribution is 2.22. The van der Waals surface area contributed by atoms with Gasteiger partial charge in [0.25, 0.3) is 0 Å². The lowest BCUT2D eigenvalue weighted by Gasteiger charge is -2.21. The smallest absolute Gasteiger partial charge is 0.338 e. The van der Waals surface area contributed by atoms with Gasteiger partial charge in [-0.15, -0.1) is 0 Å². The van der Waals surface area contributed by atoms with Crippen molar-refractivity contribution in [1.29, 1.82) is 0 Å². The van der Waals surface area contributed by atoms with Crippen LogP contribution in [0.1, 0.15) is 66.7 Å². The third kappa shape index (κ3) is 7.98. The summed E-state index contributed by atoms with van der Waals surface area (Å²) in [7, 11) is -4.00. The summed E-state index contributed by atoms with van der Waals surface area (Å²) in [4.78, 5) is 37.4. The Morgan fingerprint density at radius 1 is 0.912 bits per heavy atom. The van der Waals surface area contributed by atoms with E-state index >= 15 is 0 Å². The maximum atomic E-state index is 12.8. The van der Waals surface area contributed by atoms with E-state index in [1.54, 1.807) is 31.2 Å². The largest absolute Gasteiger partial charge is 0.494 e. The highest BCUT2D eigenvalue weighted by molar-refractivity contribution is 7.92. The van der Waals surface area contributed by atoms with Gasteiger partial charge in [0, 0.05) is 18.4 Å². The summed E-state index contributed by atoms with van der Waals surface area (Å²) in [5.74, 6) is -1.03. The van der Waals surface area contributed by atoms with Crippen molar-refractivity contribution in [3.8, 4) is 5.75 Å². The molecule has 1 amide bonds. The molecule has 34 heavy (non-hydrogen) atoms. The average molecular weight is 490 g/mol. The number of unbranched alkanes of at least 4 members (excludes halogenated alkanes) is 2. The van der Waals surface area contributed by atoms with Crippen molar-refractivity contribution in [2.45, 2.75) is 46.0 Å². The number of ketones is 1. The molecule has 0 aliphatic heterocycles. The molecule has 0 aliphatic rings. The number of sulfonamides is 1. The molecule has 2 aromatic carbocycles. The molecule has 0 saturated carbocycles. The first kappa shape index (κ1) is 27.0. The monoisotopic (exact) mass is 489 g/mol. The number of hydrogen-bond acceptors (Lipinski definition) is 7. The summed E-state index contributed by atoms with van der Waals surface area (Å²) in [5.41, 5.74) is 0.535. The Morgan fingerprint density at radius 3 is 2.24 bits per heavy atom. The normalized spacial score (nSPS) is 11.0. The Labute approximate surface area is 200 Å². The van der Waals surface area contributed by atoms with Crippen LogP contribution in [0.2, 0.25) is 0 Å². The molecule has 0 fully saturated rings. The van der Waals surface area contributed by atoms with Crippen molar-refractivity contribution >= 4 is 33.4 Å². The van der Waals surface area contributed by atoms with E-state index in [0.717, 1.165) is 25.5 Å². The Bertz CT molecular complexity index is 1090. The highest BCUT2D eigenvalue weighted by atomic mass is 32.2. The second-order valence-electron chi connectivity index (χ2n) is 7.70. The number of hydrogen-bond donors (Lipinski definition) is 0. The first-order valence-electron chi connectivity index (χ1n) is 11.2. The number of benzene rings is 2. The van der Waals surface area contributed by atoms with Crippen molar-refractivity contribution in [2.24, 2.45) is 0 Å². The van der Waals surface area contributed by atoms with Crippen LogP contribution >= 0.6 is 0 Å². The molecule has 2 rings (SSSR count). The van der Waals surface area contributed by atoms with Gasteiger partial charge in [0.2, 0.25) is 15.9 Å². The average Bonchev–Trinajstić information content (AvgIpc) is 2.80. The predicted octanol–water partition coefficient (Wildman–Crippen LogP) is 4.39. The minimum atomic E-state index is -4.00. The molecule has 0 saturated heterocycles. The third-order valence-electron chi connectivity index (χ3n) is 4.91. The number of anilines is 1. The lowest BCUT2D eigenvalue weighted by Crippen LogP contribution is -2.36. The number of carbonyl (C=O) groups excluding carboxylic acids is 3. The minimum absolute atomic E-state index is 0.00933. The first-order chi connectivity index (χ1) is 16.2. The lowest BCUT2D eigenvalue weighted by molar-refractivity contribution is -0.117.